The zero-order chi connectivity index (χ0) is 16.7. The predicted molar refractivity (Wildman–Crippen MR) is 93.0 cm³/mol. The standard InChI is InChI=1S/C19H24O3S/c1-2-3-6-15-18(20)19(16-11-7-4-8-12-16)23(21,22)17-13-9-5-10-14-17/h4-5,7-14,18-20H,2-3,6,15H2,1H3. The summed E-state index contributed by atoms with van der Waals surface area (Å²) in [5.74, 6) is 0. The molecule has 0 saturated heterocycles. The lowest BCUT2D eigenvalue weighted by Gasteiger charge is -2.23. The van der Waals surface area contributed by atoms with Crippen molar-refractivity contribution in [2.45, 2.75) is 48.9 Å². The summed E-state index contributed by atoms with van der Waals surface area (Å²) in [6, 6.07) is 17.4. The van der Waals surface area contributed by atoms with Crippen LogP contribution in [0.25, 0.3) is 0 Å². The summed E-state index contributed by atoms with van der Waals surface area (Å²) in [6.45, 7) is 2.09. The molecule has 0 bridgehead atoms. The molecule has 4 heteroatoms. The molecule has 2 aromatic carbocycles. The van der Waals surface area contributed by atoms with Crippen molar-refractivity contribution in [3.05, 3.63) is 66.2 Å². The highest BCUT2D eigenvalue weighted by molar-refractivity contribution is 7.91. The van der Waals surface area contributed by atoms with Gasteiger partial charge in [-0.15, -0.1) is 0 Å². The third kappa shape index (κ3) is 4.43. The fraction of sp³-hybridized carbons (Fsp3) is 0.368. The van der Waals surface area contributed by atoms with Gasteiger partial charge in [-0.1, -0.05) is 74.7 Å². The van der Waals surface area contributed by atoms with Crippen molar-refractivity contribution < 1.29 is 13.5 Å². The highest BCUT2D eigenvalue weighted by atomic mass is 32.2. The van der Waals surface area contributed by atoms with Crippen LogP contribution in [0.2, 0.25) is 0 Å². The quantitative estimate of drug-likeness (QED) is 0.739. The van der Waals surface area contributed by atoms with Gasteiger partial charge >= 0.3 is 0 Å². The molecular weight excluding hydrogens is 308 g/mol. The molecular formula is C19H24O3S. The van der Waals surface area contributed by atoms with E-state index in [9.17, 15) is 13.5 Å². The number of benzene rings is 2. The molecule has 23 heavy (non-hydrogen) atoms. The van der Waals surface area contributed by atoms with Gasteiger partial charge in [0.15, 0.2) is 9.84 Å². The Bertz CT molecular complexity index is 681. The van der Waals surface area contributed by atoms with Crippen LogP contribution in [0.15, 0.2) is 65.6 Å². The molecule has 0 heterocycles. The van der Waals surface area contributed by atoms with Gasteiger partial charge < -0.3 is 5.11 Å². The molecule has 0 aromatic heterocycles. The van der Waals surface area contributed by atoms with Gasteiger partial charge in [-0.05, 0) is 24.1 Å². The molecule has 124 valence electrons. The summed E-state index contributed by atoms with van der Waals surface area (Å²) in [6.07, 6.45) is 2.43. The Hall–Kier alpha value is -1.65. The Balaban J connectivity index is 2.38. The van der Waals surface area contributed by atoms with Crippen molar-refractivity contribution in [2.24, 2.45) is 0 Å². The maximum atomic E-state index is 13.0. The largest absolute Gasteiger partial charge is 0.391 e. The van der Waals surface area contributed by atoms with E-state index in [1.807, 2.05) is 18.2 Å². The minimum atomic E-state index is -3.64. The van der Waals surface area contributed by atoms with E-state index in [2.05, 4.69) is 6.92 Å². The van der Waals surface area contributed by atoms with Crippen LogP contribution in [-0.2, 0) is 9.84 Å². The molecule has 1 N–H and O–H groups in total. The minimum Gasteiger partial charge on any atom is -0.391 e. The molecule has 3 nitrogen and oxygen atoms in total. The third-order valence-corrected chi connectivity index (χ3v) is 6.17. The molecule has 0 aliphatic carbocycles. The Kier molecular flexibility index (Phi) is 6.37. The van der Waals surface area contributed by atoms with Crippen molar-refractivity contribution in [1.82, 2.24) is 0 Å². The summed E-state index contributed by atoms with van der Waals surface area (Å²) in [7, 11) is -3.64. The summed E-state index contributed by atoms with van der Waals surface area (Å²) < 4.78 is 26.1. The van der Waals surface area contributed by atoms with Crippen LogP contribution in [-0.4, -0.2) is 19.6 Å². The second kappa shape index (κ2) is 8.27. The number of rotatable bonds is 8. The van der Waals surface area contributed by atoms with Crippen molar-refractivity contribution in [2.75, 3.05) is 0 Å². The van der Waals surface area contributed by atoms with Crippen molar-refractivity contribution in [3.63, 3.8) is 0 Å². The van der Waals surface area contributed by atoms with Crippen LogP contribution in [0.3, 0.4) is 0 Å². The van der Waals surface area contributed by atoms with E-state index in [-0.39, 0.29) is 4.90 Å². The molecule has 0 fully saturated rings. The predicted octanol–water partition coefficient (Wildman–Crippen LogP) is 4.14. The molecule has 0 aliphatic rings. The highest BCUT2D eigenvalue weighted by Gasteiger charge is 2.34. The van der Waals surface area contributed by atoms with Crippen LogP contribution < -0.4 is 0 Å². The second-order valence-corrected chi connectivity index (χ2v) is 7.82. The van der Waals surface area contributed by atoms with Gasteiger partial charge in [-0.25, -0.2) is 8.42 Å². The Labute approximate surface area is 138 Å². The lowest BCUT2D eigenvalue weighted by Crippen LogP contribution is -2.26. The molecule has 0 amide bonds. The molecule has 0 saturated carbocycles. The average molecular weight is 332 g/mol. The van der Waals surface area contributed by atoms with Gasteiger partial charge in [0.25, 0.3) is 0 Å². The van der Waals surface area contributed by atoms with Gasteiger partial charge in [0.2, 0.25) is 0 Å². The van der Waals surface area contributed by atoms with Crippen LogP contribution in [0.5, 0.6) is 0 Å². The Morgan fingerprint density at radius 2 is 1.48 bits per heavy atom. The van der Waals surface area contributed by atoms with Gasteiger partial charge in [0, 0.05) is 0 Å². The Morgan fingerprint density at radius 1 is 0.913 bits per heavy atom. The average Bonchev–Trinajstić information content (AvgIpc) is 2.57. The van der Waals surface area contributed by atoms with E-state index in [4.69, 9.17) is 0 Å². The van der Waals surface area contributed by atoms with Crippen molar-refractivity contribution in [1.29, 1.82) is 0 Å². The second-order valence-electron chi connectivity index (χ2n) is 5.75. The fourth-order valence-corrected chi connectivity index (χ4v) is 4.66. The molecule has 0 radical (unpaired) electrons. The summed E-state index contributed by atoms with van der Waals surface area (Å²) >= 11 is 0. The number of aliphatic hydroxyl groups excluding tert-OH is 1. The first kappa shape index (κ1) is 17.7. The van der Waals surface area contributed by atoms with E-state index in [0.717, 1.165) is 19.3 Å². The van der Waals surface area contributed by atoms with E-state index in [1.165, 1.54) is 0 Å². The van der Waals surface area contributed by atoms with E-state index in [1.54, 1.807) is 42.5 Å². The lowest BCUT2D eigenvalue weighted by molar-refractivity contribution is 0.154. The summed E-state index contributed by atoms with van der Waals surface area (Å²) in [4.78, 5) is 0.253. The maximum Gasteiger partial charge on any atom is 0.187 e. The maximum absolute atomic E-state index is 13.0. The van der Waals surface area contributed by atoms with Crippen molar-refractivity contribution >= 4 is 9.84 Å². The van der Waals surface area contributed by atoms with E-state index < -0.39 is 21.2 Å². The number of hydrogen-bond acceptors (Lipinski definition) is 3. The topological polar surface area (TPSA) is 54.4 Å². The van der Waals surface area contributed by atoms with Crippen molar-refractivity contribution in [3.8, 4) is 0 Å². The van der Waals surface area contributed by atoms with E-state index in [0.29, 0.717) is 12.0 Å². The number of sulfone groups is 1. The first-order valence-corrected chi connectivity index (χ1v) is 9.64. The monoisotopic (exact) mass is 332 g/mol. The zero-order valence-corrected chi connectivity index (χ0v) is 14.2. The molecule has 2 atom stereocenters. The SMILES string of the molecule is CCCCCC(O)C(c1ccccc1)S(=O)(=O)c1ccccc1. The number of aliphatic hydroxyl groups is 1. The Morgan fingerprint density at radius 3 is 2.04 bits per heavy atom. The molecule has 2 rings (SSSR count). The lowest BCUT2D eigenvalue weighted by atomic mass is 10.0. The van der Waals surface area contributed by atoms with Gasteiger partial charge in [-0.2, -0.15) is 0 Å². The van der Waals surface area contributed by atoms with Crippen LogP contribution >= 0.6 is 0 Å². The molecule has 2 aromatic rings. The van der Waals surface area contributed by atoms with Crippen LogP contribution in [0.4, 0.5) is 0 Å². The molecule has 2 unspecified atom stereocenters. The third-order valence-electron chi connectivity index (χ3n) is 3.99. The fourth-order valence-electron chi connectivity index (χ4n) is 2.76. The number of unbranched alkanes of at least 4 members (excludes halogenated alkanes) is 2. The van der Waals surface area contributed by atoms with Crippen LogP contribution in [0, 0.1) is 0 Å². The van der Waals surface area contributed by atoms with Gasteiger partial charge in [0.05, 0.1) is 11.0 Å². The number of hydrogen-bond donors (Lipinski definition) is 1. The van der Waals surface area contributed by atoms with Gasteiger partial charge in [0.1, 0.15) is 5.25 Å². The normalized spacial score (nSPS) is 14.3. The summed E-state index contributed by atoms with van der Waals surface area (Å²) in [5.41, 5.74) is 0.639. The smallest absolute Gasteiger partial charge is 0.187 e. The molecule has 0 aliphatic heterocycles. The van der Waals surface area contributed by atoms with E-state index >= 15 is 0 Å². The first-order valence-electron chi connectivity index (χ1n) is 8.09. The highest BCUT2D eigenvalue weighted by Crippen LogP contribution is 2.33. The van der Waals surface area contributed by atoms with Crippen LogP contribution in [0.1, 0.15) is 43.4 Å². The zero-order valence-electron chi connectivity index (χ0n) is 13.4. The molecule has 0 spiro atoms. The summed E-state index contributed by atoms with van der Waals surface area (Å²) in [5, 5.41) is 9.68. The van der Waals surface area contributed by atoms with Gasteiger partial charge in [-0.3, -0.25) is 0 Å². The minimum absolute atomic E-state index is 0.253. The first-order chi connectivity index (χ1) is 11.1.